The van der Waals surface area contributed by atoms with Gasteiger partial charge in [-0.05, 0) is 25.5 Å². The van der Waals surface area contributed by atoms with E-state index in [2.05, 4.69) is 10.6 Å². The predicted octanol–water partition coefficient (Wildman–Crippen LogP) is 0.995. The molecule has 1 spiro atoms. The number of likely N-dealkylation sites (N-methyl/N-ethyl adjacent to an activating group) is 1. The van der Waals surface area contributed by atoms with Gasteiger partial charge in [-0.1, -0.05) is 6.07 Å². The largest absolute Gasteiger partial charge is 0.492 e. The number of amides is 2. The van der Waals surface area contributed by atoms with Crippen molar-refractivity contribution in [1.29, 1.82) is 0 Å². The molecule has 2 atom stereocenters. The summed E-state index contributed by atoms with van der Waals surface area (Å²) in [6.45, 7) is 0.00715. The number of alkyl halides is 2. The fraction of sp³-hybridized carbons (Fsp3) is 0.550. The molecule has 1 saturated heterocycles. The molecular weight excluding hydrogens is 384 g/mol. The van der Waals surface area contributed by atoms with Crippen LogP contribution in [0.3, 0.4) is 0 Å². The van der Waals surface area contributed by atoms with Crippen molar-refractivity contribution < 1.29 is 27.9 Å². The number of benzene rings is 1. The van der Waals surface area contributed by atoms with Gasteiger partial charge in [-0.2, -0.15) is 0 Å². The van der Waals surface area contributed by atoms with Crippen molar-refractivity contribution in [2.45, 2.75) is 43.2 Å². The SMILES string of the molecule is CNC(=O)C(CCC=O)N1Cc2c(ccc3c2OCC32CCNCC2(F)F)C1=O. The first-order valence-electron chi connectivity index (χ1n) is 9.70. The van der Waals surface area contributed by atoms with E-state index in [1.54, 1.807) is 12.1 Å². The molecule has 29 heavy (non-hydrogen) atoms. The van der Waals surface area contributed by atoms with Crippen LogP contribution in [-0.4, -0.2) is 61.7 Å². The van der Waals surface area contributed by atoms with Crippen molar-refractivity contribution in [2.75, 3.05) is 26.7 Å². The summed E-state index contributed by atoms with van der Waals surface area (Å²) in [5.41, 5.74) is -0.0740. The lowest BCUT2D eigenvalue weighted by Gasteiger charge is -2.40. The summed E-state index contributed by atoms with van der Waals surface area (Å²) in [7, 11) is 1.47. The maximum Gasteiger partial charge on any atom is 0.273 e. The van der Waals surface area contributed by atoms with E-state index in [0.29, 0.717) is 35.3 Å². The molecule has 1 fully saturated rings. The van der Waals surface area contributed by atoms with Crippen molar-refractivity contribution in [3.05, 3.63) is 28.8 Å². The first-order valence-corrected chi connectivity index (χ1v) is 9.70. The summed E-state index contributed by atoms with van der Waals surface area (Å²) in [6.07, 6.45) is 1.27. The van der Waals surface area contributed by atoms with E-state index in [1.807, 2.05) is 0 Å². The molecule has 2 N–H and O–H groups in total. The van der Waals surface area contributed by atoms with E-state index in [0.717, 1.165) is 0 Å². The molecule has 0 aliphatic carbocycles. The quantitative estimate of drug-likeness (QED) is 0.711. The third kappa shape index (κ3) is 2.82. The molecule has 0 bridgehead atoms. The first-order chi connectivity index (χ1) is 13.9. The normalized spacial score (nSPS) is 25.3. The average Bonchev–Trinajstić information content (AvgIpc) is 3.24. The summed E-state index contributed by atoms with van der Waals surface area (Å²) in [5, 5.41) is 5.26. The van der Waals surface area contributed by atoms with Gasteiger partial charge in [-0.15, -0.1) is 0 Å². The van der Waals surface area contributed by atoms with Crippen molar-refractivity contribution >= 4 is 18.1 Å². The molecule has 0 saturated carbocycles. The van der Waals surface area contributed by atoms with Gasteiger partial charge in [-0.3, -0.25) is 9.59 Å². The summed E-state index contributed by atoms with van der Waals surface area (Å²) >= 11 is 0. The number of rotatable bonds is 5. The van der Waals surface area contributed by atoms with Crippen molar-refractivity contribution in [2.24, 2.45) is 0 Å². The molecule has 4 rings (SSSR count). The number of halogens is 2. The minimum atomic E-state index is -2.97. The molecule has 3 aliphatic heterocycles. The lowest BCUT2D eigenvalue weighted by molar-refractivity contribution is -0.125. The van der Waals surface area contributed by atoms with Crippen LogP contribution in [0.1, 0.15) is 40.7 Å². The topological polar surface area (TPSA) is 87.7 Å². The smallest absolute Gasteiger partial charge is 0.273 e. The van der Waals surface area contributed by atoms with Crippen molar-refractivity contribution in [1.82, 2.24) is 15.5 Å². The number of hydrogen-bond donors (Lipinski definition) is 2. The van der Waals surface area contributed by atoms with Gasteiger partial charge in [0.05, 0.1) is 18.5 Å². The predicted molar refractivity (Wildman–Crippen MR) is 99.1 cm³/mol. The minimum absolute atomic E-state index is 0.0915. The second-order valence-corrected chi connectivity index (χ2v) is 7.78. The van der Waals surface area contributed by atoms with Gasteiger partial charge in [0, 0.05) is 30.2 Å². The number of fused-ring (bicyclic) bond motifs is 4. The van der Waals surface area contributed by atoms with Crippen LogP contribution in [0.5, 0.6) is 5.75 Å². The molecular formula is C20H23F2N3O4. The van der Waals surface area contributed by atoms with E-state index in [1.165, 1.54) is 11.9 Å². The lowest BCUT2D eigenvalue weighted by Crippen LogP contribution is -2.57. The monoisotopic (exact) mass is 407 g/mol. The van der Waals surface area contributed by atoms with Crippen LogP contribution in [-0.2, 0) is 21.5 Å². The summed E-state index contributed by atoms with van der Waals surface area (Å²) in [6, 6.07) is 2.32. The van der Waals surface area contributed by atoms with E-state index in [-0.39, 0.29) is 44.2 Å². The molecule has 2 unspecified atom stereocenters. The van der Waals surface area contributed by atoms with Gasteiger partial charge < -0.3 is 25.1 Å². The van der Waals surface area contributed by atoms with Crippen molar-refractivity contribution in [3.8, 4) is 5.75 Å². The standard InChI is InChI=1S/C20H23F2N3O4/c1-23-17(27)15(3-2-8-26)25-9-13-12(18(25)28)4-5-14-16(13)29-11-19(14)6-7-24-10-20(19,21)22/h4-5,8,15,24H,2-3,6-7,9-11H2,1H3,(H,23,27). The fourth-order valence-electron chi connectivity index (χ4n) is 4.68. The fourth-order valence-corrected chi connectivity index (χ4v) is 4.68. The maximum absolute atomic E-state index is 14.9. The summed E-state index contributed by atoms with van der Waals surface area (Å²) < 4.78 is 35.5. The third-order valence-electron chi connectivity index (χ3n) is 6.32. The molecule has 3 aliphatic rings. The number of hydrogen-bond acceptors (Lipinski definition) is 5. The molecule has 0 aromatic heterocycles. The number of carbonyl (C=O) groups excluding carboxylic acids is 3. The molecule has 1 aromatic carbocycles. The highest BCUT2D eigenvalue weighted by Crippen LogP contribution is 2.53. The van der Waals surface area contributed by atoms with Gasteiger partial charge in [0.25, 0.3) is 11.8 Å². The van der Waals surface area contributed by atoms with Crippen LogP contribution < -0.4 is 15.4 Å². The van der Waals surface area contributed by atoms with Crippen LogP contribution in [0.25, 0.3) is 0 Å². The Hall–Kier alpha value is -2.55. The van der Waals surface area contributed by atoms with Gasteiger partial charge in [0.1, 0.15) is 24.7 Å². The Morgan fingerprint density at radius 1 is 1.45 bits per heavy atom. The van der Waals surface area contributed by atoms with Gasteiger partial charge >= 0.3 is 0 Å². The van der Waals surface area contributed by atoms with Crippen molar-refractivity contribution in [3.63, 3.8) is 0 Å². The molecule has 0 radical (unpaired) electrons. The highest BCUT2D eigenvalue weighted by molar-refractivity contribution is 6.02. The van der Waals surface area contributed by atoms with Crippen LogP contribution in [0.4, 0.5) is 8.78 Å². The highest BCUT2D eigenvalue weighted by atomic mass is 19.3. The maximum atomic E-state index is 14.9. The molecule has 156 valence electrons. The molecule has 7 nitrogen and oxygen atoms in total. The number of aldehydes is 1. The summed E-state index contributed by atoms with van der Waals surface area (Å²) in [4.78, 5) is 37.4. The van der Waals surface area contributed by atoms with Crippen LogP contribution in [0.2, 0.25) is 0 Å². The van der Waals surface area contributed by atoms with Gasteiger partial charge in [0.2, 0.25) is 5.91 Å². The average molecular weight is 407 g/mol. The van der Waals surface area contributed by atoms with Gasteiger partial charge in [0.15, 0.2) is 0 Å². The van der Waals surface area contributed by atoms with Gasteiger partial charge in [-0.25, -0.2) is 8.78 Å². The number of ether oxygens (including phenoxy) is 1. The zero-order valence-electron chi connectivity index (χ0n) is 16.1. The van der Waals surface area contributed by atoms with E-state index < -0.39 is 23.9 Å². The molecule has 9 heteroatoms. The van der Waals surface area contributed by atoms with E-state index in [4.69, 9.17) is 4.74 Å². The minimum Gasteiger partial charge on any atom is -0.492 e. The Morgan fingerprint density at radius 3 is 2.93 bits per heavy atom. The van der Waals surface area contributed by atoms with Crippen LogP contribution in [0.15, 0.2) is 12.1 Å². The Bertz CT molecular complexity index is 876. The second-order valence-electron chi connectivity index (χ2n) is 7.78. The Kier molecular flexibility index (Phi) is 4.80. The number of carbonyl (C=O) groups is 3. The summed E-state index contributed by atoms with van der Waals surface area (Å²) in [5.74, 6) is -3.36. The van der Waals surface area contributed by atoms with Crippen LogP contribution in [0, 0.1) is 0 Å². The molecule has 1 aromatic rings. The molecule has 3 heterocycles. The molecule has 2 amide bonds. The Labute approximate surface area is 166 Å². The first kappa shape index (κ1) is 19.8. The Morgan fingerprint density at radius 2 is 2.24 bits per heavy atom. The highest BCUT2D eigenvalue weighted by Gasteiger charge is 2.61. The van der Waals surface area contributed by atoms with E-state index in [9.17, 15) is 23.2 Å². The zero-order chi connectivity index (χ0) is 20.8. The number of nitrogens with one attached hydrogen (secondary N) is 2. The lowest BCUT2D eigenvalue weighted by atomic mass is 9.71. The number of nitrogens with zero attached hydrogens (tertiary/aromatic N) is 1. The van der Waals surface area contributed by atoms with E-state index >= 15 is 0 Å². The zero-order valence-corrected chi connectivity index (χ0v) is 16.1. The Balaban J connectivity index is 1.71. The second kappa shape index (κ2) is 7.05. The third-order valence-corrected chi connectivity index (χ3v) is 6.32. The number of piperidine rings is 1. The van der Waals surface area contributed by atoms with Crippen LogP contribution >= 0.6 is 0 Å².